The van der Waals surface area contributed by atoms with Crippen LogP contribution in [0.1, 0.15) is 28.8 Å². The van der Waals surface area contributed by atoms with Gasteiger partial charge in [-0.1, -0.05) is 6.07 Å². The Balaban J connectivity index is 1.32. The van der Waals surface area contributed by atoms with Crippen LogP contribution in [0.4, 0.5) is 11.4 Å². The standard InChI is InChI=1S/C22H19N3O5/c26-20(8-4-13-3-7-18-19(10-13)30-12-29-18)23-14-5-6-16-15(11-14)22(28)25-9-1-2-17(25)21(27)24-16/h3-8,10-11,17H,1-2,9,12H2,(H,23,26)(H,24,27). The summed E-state index contributed by atoms with van der Waals surface area (Å²) in [7, 11) is 0. The topological polar surface area (TPSA) is 97.0 Å². The van der Waals surface area contributed by atoms with Crippen molar-refractivity contribution in [1.29, 1.82) is 0 Å². The molecule has 8 nitrogen and oxygen atoms in total. The van der Waals surface area contributed by atoms with Crippen molar-refractivity contribution >= 4 is 35.2 Å². The van der Waals surface area contributed by atoms with Gasteiger partial charge in [0.25, 0.3) is 5.91 Å². The summed E-state index contributed by atoms with van der Waals surface area (Å²) < 4.78 is 10.6. The van der Waals surface area contributed by atoms with Crippen LogP contribution in [0.15, 0.2) is 42.5 Å². The van der Waals surface area contributed by atoms with Crippen LogP contribution >= 0.6 is 0 Å². The second-order valence-electron chi connectivity index (χ2n) is 7.34. The van der Waals surface area contributed by atoms with Crippen molar-refractivity contribution in [2.24, 2.45) is 0 Å². The average molecular weight is 405 g/mol. The number of benzene rings is 2. The van der Waals surface area contributed by atoms with Crippen LogP contribution in [-0.4, -0.2) is 42.0 Å². The summed E-state index contributed by atoms with van der Waals surface area (Å²) in [6.45, 7) is 0.754. The Morgan fingerprint density at radius 3 is 2.90 bits per heavy atom. The number of carbonyl (C=O) groups is 3. The van der Waals surface area contributed by atoms with E-state index in [1.807, 2.05) is 6.07 Å². The van der Waals surface area contributed by atoms with Gasteiger partial charge in [0.1, 0.15) is 6.04 Å². The molecule has 3 aliphatic heterocycles. The van der Waals surface area contributed by atoms with Gasteiger partial charge in [0.15, 0.2) is 11.5 Å². The molecule has 0 radical (unpaired) electrons. The van der Waals surface area contributed by atoms with E-state index >= 15 is 0 Å². The maximum atomic E-state index is 12.9. The van der Waals surface area contributed by atoms with E-state index in [0.29, 0.717) is 41.4 Å². The van der Waals surface area contributed by atoms with Crippen LogP contribution in [0.3, 0.4) is 0 Å². The monoisotopic (exact) mass is 405 g/mol. The third-order valence-corrected chi connectivity index (χ3v) is 5.42. The van der Waals surface area contributed by atoms with Gasteiger partial charge in [0.05, 0.1) is 11.3 Å². The number of rotatable bonds is 3. The van der Waals surface area contributed by atoms with Gasteiger partial charge in [-0.15, -0.1) is 0 Å². The lowest BCUT2D eigenvalue weighted by atomic mass is 10.1. The first-order valence-electron chi connectivity index (χ1n) is 9.73. The molecule has 1 atom stereocenters. The lowest BCUT2D eigenvalue weighted by Crippen LogP contribution is -2.40. The van der Waals surface area contributed by atoms with Crippen LogP contribution in [-0.2, 0) is 9.59 Å². The molecule has 0 aromatic heterocycles. The Morgan fingerprint density at radius 2 is 2.00 bits per heavy atom. The molecule has 3 heterocycles. The highest BCUT2D eigenvalue weighted by Gasteiger charge is 2.38. The minimum Gasteiger partial charge on any atom is -0.454 e. The predicted molar refractivity (Wildman–Crippen MR) is 109 cm³/mol. The van der Waals surface area contributed by atoms with Gasteiger partial charge < -0.3 is 25.0 Å². The predicted octanol–water partition coefficient (Wildman–Crippen LogP) is 2.62. The van der Waals surface area contributed by atoms with Gasteiger partial charge in [-0.25, -0.2) is 0 Å². The Bertz CT molecular complexity index is 1090. The normalized spacial score (nSPS) is 19.3. The molecule has 3 amide bonds. The van der Waals surface area contributed by atoms with Gasteiger partial charge in [-0.2, -0.15) is 0 Å². The fourth-order valence-electron chi connectivity index (χ4n) is 3.93. The summed E-state index contributed by atoms with van der Waals surface area (Å²) >= 11 is 0. The number of carbonyl (C=O) groups excluding carboxylic acids is 3. The van der Waals surface area contributed by atoms with E-state index in [9.17, 15) is 14.4 Å². The molecule has 8 heteroatoms. The molecule has 2 aromatic rings. The molecule has 2 N–H and O–H groups in total. The maximum absolute atomic E-state index is 12.9. The quantitative estimate of drug-likeness (QED) is 0.766. The number of fused-ring (bicyclic) bond motifs is 3. The minimum absolute atomic E-state index is 0.164. The van der Waals surface area contributed by atoms with E-state index in [1.165, 1.54) is 6.08 Å². The van der Waals surface area contributed by atoms with E-state index in [1.54, 1.807) is 41.3 Å². The molecule has 5 rings (SSSR count). The maximum Gasteiger partial charge on any atom is 0.256 e. The lowest BCUT2D eigenvalue weighted by Gasteiger charge is -2.20. The van der Waals surface area contributed by atoms with E-state index in [0.717, 1.165) is 12.0 Å². The number of hydrogen-bond donors (Lipinski definition) is 2. The van der Waals surface area contributed by atoms with E-state index < -0.39 is 6.04 Å². The fourth-order valence-corrected chi connectivity index (χ4v) is 3.93. The number of amides is 3. The molecule has 30 heavy (non-hydrogen) atoms. The summed E-state index contributed by atoms with van der Waals surface area (Å²) in [6.07, 6.45) is 4.55. The zero-order valence-electron chi connectivity index (χ0n) is 16.0. The number of nitrogens with one attached hydrogen (secondary N) is 2. The molecule has 0 spiro atoms. The van der Waals surface area contributed by atoms with Crippen LogP contribution in [0, 0.1) is 0 Å². The van der Waals surface area contributed by atoms with E-state index in [2.05, 4.69) is 10.6 Å². The highest BCUT2D eigenvalue weighted by Crippen LogP contribution is 2.33. The minimum atomic E-state index is -0.424. The van der Waals surface area contributed by atoms with Crippen LogP contribution in [0.5, 0.6) is 11.5 Å². The third-order valence-electron chi connectivity index (χ3n) is 5.42. The van der Waals surface area contributed by atoms with Crippen LogP contribution in [0.2, 0.25) is 0 Å². The first kappa shape index (κ1) is 18.2. The Morgan fingerprint density at radius 1 is 1.13 bits per heavy atom. The number of hydrogen-bond acceptors (Lipinski definition) is 5. The Labute approximate surface area is 172 Å². The van der Waals surface area contributed by atoms with E-state index in [-0.39, 0.29) is 24.5 Å². The highest BCUT2D eigenvalue weighted by molar-refractivity contribution is 6.11. The summed E-state index contributed by atoms with van der Waals surface area (Å²) in [5.74, 6) is 0.625. The van der Waals surface area contributed by atoms with Crippen molar-refractivity contribution < 1.29 is 23.9 Å². The number of ether oxygens (including phenoxy) is 2. The summed E-state index contributed by atoms with van der Waals surface area (Å²) in [5.41, 5.74) is 2.13. The smallest absolute Gasteiger partial charge is 0.256 e. The van der Waals surface area contributed by atoms with E-state index in [4.69, 9.17) is 9.47 Å². The van der Waals surface area contributed by atoms with Gasteiger partial charge in [-0.05, 0) is 54.8 Å². The second kappa shape index (κ2) is 7.22. The zero-order valence-corrected chi connectivity index (χ0v) is 16.0. The van der Waals surface area contributed by atoms with Gasteiger partial charge >= 0.3 is 0 Å². The van der Waals surface area contributed by atoms with Crippen molar-refractivity contribution in [1.82, 2.24) is 4.90 Å². The van der Waals surface area contributed by atoms with Gasteiger partial charge in [0.2, 0.25) is 18.6 Å². The van der Waals surface area contributed by atoms with Crippen molar-refractivity contribution in [2.75, 3.05) is 24.0 Å². The van der Waals surface area contributed by atoms with Crippen molar-refractivity contribution in [3.05, 3.63) is 53.6 Å². The molecular formula is C22H19N3O5. The first-order valence-corrected chi connectivity index (χ1v) is 9.73. The summed E-state index contributed by atoms with van der Waals surface area (Å²) in [4.78, 5) is 39.2. The first-order chi connectivity index (χ1) is 14.6. The molecule has 0 bridgehead atoms. The van der Waals surface area contributed by atoms with Crippen molar-refractivity contribution in [3.8, 4) is 11.5 Å². The molecule has 1 unspecified atom stereocenters. The molecule has 0 aliphatic carbocycles. The number of nitrogens with zero attached hydrogens (tertiary/aromatic N) is 1. The Hall–Kier alpha value is -3.81. The SMILES string of the molecule is O=C(C=Cc1ccc2c(c1)OCO2)Nc1ccc2c(c1)C(=O)N1CCCC1C(=O)N2. The van der Waals surface area contributed by atoms with Gasteiger partial charge in [-0.3, -0.25) is 14.4 Å². The lowest BCUT2D eigenvalue weighted by molar-refractivity contribution is -0.119. The largest absolute Gasteiger partial charge is 0.454 e. The summed E-state index contributed by atoms with van der Waals surface area (Å²) in [6, 6.07) is 9.89. The third kappa shape index (κ3) is 3.26. The molecular weight excluding hydrogens is 386 g/mol. The molecule has 1 fully saturated rings. The van der Waals surface area contributed by atoms with Crippen molar-refractivity contribution in [3.63, 3.8) is 0 Å². The molecule has 0 saturated carbocycles. The highest BCUT2D eigenvalue weighted by atomic mass is 16.7. The fraction of sp³-hybridized carbons (Fsp3) is 0.227. The van der Waals surface area contributed by atoms with Gasteiger partial charge in [0, 0.05) is 18.3 Å². The molecule has 152 valence electrons. The van der Waals surface area contributed by atoms with Crippen molar-refractivity contribution in [2.45, 2.75) is 18.9 Å². The zero-order chi connectivity index (χ0) is 20.7. The van der Waals surface area contributed by atoms with Crippen LogP contribution in [0.25, 0.3) is 6.08 Å². The Kier molecular flexibility index (Phi) is 4.39. The second-order valence-corrected chi connectivity index (χ2v) is 7.34. The molecule has 3 aliphatic rings. The van der Waals surface area contributed by atoms with Crippen LogP contribution < -0.4 is 20.1 Å². The summed E-state index contributed by atoms with van der Waals surface area (Å²) in [5, 5.41) is 5.58. The average Bonchev–Trinajstić information content (AvgIpc) is 3.40. The molecule has 1 saturated heterocycles. The number of anilines is 2. The molecule has 2 aromatic carbocycles.